The molecule has 0 saturated carbocycles. The summed E-state index contributed by atoms with van der Waals surface area (Å²) in [6.45, 7) is 3.61. The van der Waals surface area contributed by atoms with E-state index >= 15 is 0 Å². The van der Waals surface area contributed by atoms with E-state index < -0.39 is 0 Å². The number of ether oxygens (including phenoxy) is 1. The fraction of sp³-hybridized carbons (Fsp3) is 0.467. The molecular weight excluding hydrogens is 314 g/mol. The Hall–Kier alpha value is -2.09. The van der Waals surface area contributed by atoms with E-state index in [1.165, 1.54) is 11.8 Å². The summed E-state index contributed by atoms with van der Waals surface area (Å²) >= 11 is 1.38. The number of nitrogens with zero attached hydrogens (tertiary/aromatic N) is 5. The summed E-state index contributed by atoms with van der Waals surface area (Å²) in [5, 5.41) is 12.2. The summed E-state index contributed by atoms with van der Waals surface area (Å²) in [6, 6.07) is 7.47. The van der Waals surface area contributed by atoms with Crippen LogP contribution in [0.25, 0.3) is 5.69 Å². The number of rotatable bonds is 5. The highest BCUT2D eigenvalue weighted by Crippen LogP contribution is 2.25. The SMILES string of the molecule is COc1ccc(-n2nnnc2S[C@H](C)C(=O)N2CCCC2)cc1. The standard InChI is InChI=1S/C15H19N5O2S/c1-11(14(21)19-9-3-4-10-19)23-15-16-17-18-20(15)12-5-7-13(22-2)8-6-12/h5-8,11H,3-4,9-10H2,1-2H3/t11-/m1/s1. The van der Waals surface area contributed by atoms with Gasteiger partial charge in [-0.2, -0.15) is 4.68 Å². The fourth-order valence-electron chi connectivity index (χ4n) is 2.54. The maximum absolute atomic E-state index is 12.4. The minimum Gasteiger partial charge on any atom is -0.497 e. The fourth-order valence-corrected chi connectivity index (χ4v) is 3.43. The topological polar surface area (TPSA) is 73.1 Å². The van der Waals surface area contributed by atoms with Gasteiger partial charge in [0.15, 0.2) is 0 Å². The van der Waals surface area contributed by atoms with Gasteiger partial charge in [0.1, 0.15) is 5.75 Å². The highest BCUT2D eigenvalue weighted by atomic mass is 32.2. The molecule has 8 heteroatoms. The second-order valence-electron chi connectivity index (χ2n) is 5.36. The number of hydrogen-bond donors (Lipinski definition) is 0. The predicted octanol–water partition coefficient (Wildman–Crippen LogP) is 1.77. The molecule has 1 saturated heterocycles. The summed E-state index contributed by atoms with van der Waals surface area (Å²) in [5.41, 5.74) is 0.833. The van der Waals surface area contributed by atoms with Crippen LogP contribution >= 0.6 is 11.8 Å². The van der Waals surface area contributed by atoms with Gasteiger partial charge in [0.25, 0.3) is 0 Å². The zero-order valence-electron chi connectivity index (χ0n) is 13.2. The quantitative estimate of drug-likeness (QED) is 0.777. The molecule has 2 heterocycles. The molecule has 0 N–H and O–H groups in total. The zero-order valence-corrected chi connectivity index (χ0v) is 14.0. The van der Waals surface area contributed by atoms with Crippen molar-refractivity contribution in [2.45, 2.75) is 30.2 Å². The van der Waals surface area contributed by atoms with Crippen molar-refractivity contribution < 1.29 is 9.53 Å². The van der Waals surface area contributed by atoms with Crippen molar-refractivity contribution in [2.75, 3.05) is 20.2 Å². The number of tetrazole rings is 1. The maximum atomic E-state index is 12.4. The van der Waals surface area contributed by atoms with E-state index in [-0.39, 0.29) is 11.2 Å². The Kier molecular flexibility index (Phi) is 4.80. The van der Waals surface area contributed by atoms with Crippen LogP contribution in [-0.2, 0) is 4.79 Å². The van der Waals surface area contributed by atoms with Crippen LogP contribution < -0.4 is 4.74 Å². The van der Waals surface area contributed by atoms with Gasteiger partial charge in [0.2, 0.25) is 11.1 Å². The molecule has 0 bridgehead atoms. The molecule has 1 amide bonds. The van der Waals surface area contributed by atoms with Gasteiger partial charge in [0, 0.05) is 13.1 Å². The van der Waals surface area contributed by atoms with Crippen LogP contribution in [0.5, 0.6) is 5.75 Å². The third kappa shape index (κ3) is 3.47. The van der Waals surface area contributed by atoms with Crippen LogP contribution in [0.1, 0.15) is 19.8 Å². The molecule has 1 aliphatic rings. The highest BCUT2D eigenvalue weighted by Gasteiger charge is 2.25. The molecular formula is C15H19N5O2S. The minimum atomic E-state index is -0.212. The normalized spacial score (nSPS) is 15.7. The Balaban J connectivity index is 1.73. The maximum Gasteiger partial charge on any atom is 0.235 e. The second kappa shape index (κ2) is 6.99. The van der Waals surface area contributed by atoms with Crippen LogP contribution in [0.4, 0.5) is 0 Å². The molecule has 1 aromatic heterocycles. The first-order valence-corrected chi connectivity index (χ1v) is 8.45. The molecule has 1 fully saturated rings. The van der Waals surface area contributed by atoms with E-state index in [0.717, 1.165) is 37.4 Å². The van der Waals surface area contributed by atoms with Gasteiger partial charge >= 0.3 is 0 Å². The molecule has 1 atom stereocenters. The first kappa shape index (κ1) is 15.8. The number of aromatic nitrogens is 4. The largest absolute Gasteiger partial charge is 0.497 e. The Labute approximate surface area is 139 Å². The van der Waals surface area contributed by atoms with E-state index in [9.17, 15) is 4.79 Å². The molecule has 3 rings (SSSR count). The van der Waals surface area contributed by atoms with Crippen LogP contribution in [0.3, 0.4) is 0 Å². The Morgan fingerprint density at radius 3 is 2.61 bits per heavy atom. The first-order chi connectivity index (χ1) is 11.2. The van der Waals surface area contributed by atoms with Crippen LogP contribution in [-0.4, -0.2) is 56.5 Å². The van der Waals surface area contributed by atoms with Gasteiger partial charge in [0.05, 0.1) is 18.0 Å². The molecule has 1 aliphatic heterocycles. The lowest BCUT2D eigenvalue weighted by Crippen LogP contribution is -2.34. The smallest absolute Gasteiger partial charge is 0.235 e. The lowest BCUT2D eigenvalue weighted by atomic mass is 10.3. The van der Waals surface area contributed by atoms with Crippen molar-refractivity contribution in [3.63, 3.8) is 0 Å². The third-order valence-corrected chi connectivity index (χ3v) is 4.83. The van der Waals surface area contributed by atoms with Gasteiger partial charge in [-0.1, -0.05) is 11.8 Å². The lowest BCUT2D eigenvalue weighted by molar-refractivity contribution is -0.129. The average Bonchev–Trinajstić information content (AvgIpc) is 3.26. The Bertz CT molecular complexity index is 667. The van der Waals surface area contributed by atoms with Crippen molar-refractivity contribution in [1.29, 1.82) is 0 Å². The van der Waals surface area contributed by atoms with Crippen molar-refractivity contribution in [2.24, 2.45) is 0 Å². The number of carbonyl (C=O) groups is 1. The van der Waals surface area contributed by atoms with Crippen molar-refractivity contribution in [1.82, 2.24) is 25.1 Å². The molecule has 7 nitrogen and oxygen atoms in total. The number of carbonyl (C=O) groups excluding carboxylic acids is 1. The van der Waals surface area contributed by atoms with Gasteiger partial charge < -0.3 is 9.64 Å². The molecule has 0 radical (unpaired) electrons. The van der Waals surface area contributed by atoms with Crippen molar-refractivity contribution in [3.8, 4) is 11.4 Å². The predicted molar refractivity (Wildman–Crippen MR) is 86.8 cm³/mol. The summed E-state index contributed by atoms with van der Waals surface area (Å²) in [4.78, 5) is 14.3. The summed E-state index contributed by atoms with van der Waals surface area (Å²) < 4.78 is 6.79. The minimum absolute atomic E-state index is 0.150. The molecule has 0 aliphatic carbocycles. The number of methoxy groups -OCH3 is 1. The molecule has 0 spiro atoms. The average molecular weight is 333 g/mol. The number of benzene rings is 1. The number of amides is 1. The van der Waals surface area contributed by atoms with Crippen molar-refractivity contribution >= 4 is 17.7 Å². The Morgan fingerprint density at radius 1 is 1.26 bits per heavy atom. The Morgan fingerprint density at radius 2 is 1.96 bits per heavy atom. The number of likely N-dealkylation sites (tertiary alicyclic amines) is 1. The molecule has 2 aromatic rings. The van der Waals surface area contributed by atoms with Crippen LogP contribution in [0, 0.1) is 0 Å². The van der Waals surface area contributed by atoms with Gasteiger partial charge in [-0.15, -0.1) is 5.10 Å². The number of hydrogen-bond acceptors (Lipinski definition) is 6. The third-order valence-electron chi connectivity index (χ3n) is 3.81. The van der Waals surface area contributed by atoms with E-state index in [1.807, 2.05) is 36.1 Å². The monoisotopic (exact) mass is 333 g/mol. The lowest BCUT2D eigenvalue weighted by Gasteiger charge is -2.19. The summed E-state index contributed by atoms with van der Waals surface area (Å²) in [7, 11) is 1.62. The van der Waals surface area contributed by atoms with E-state index in [4.69, 9.17) is 4.74 Å². The van der Waals surface area contributed by atoms with Gasteiger partial charge in [-0.3, -0.25) is 4.79 Å². The first-order valence-electron chi connectivity index (χ1n) is 7.57. The molecule has 1 aromatic carbocycles. The van der Waals surface area contributed by atoms with E-state index in [1.54, 1.807) is 11.8 Å². The highest BCUT2D eigenvalue weighted by molar-refractivity contribution is 8.00. The molecule has 122 valence electrons. The molecule has 0 unspecified atom stereocenters. The second-order valence-corrected chi connectivity index (χ2v) is 6.67. The zero-order chi connectivity index (χ0) is 16.2. The van der Waals surface area contributed by atoms with Gasteiger partial charge in [-0.25, -0.2) is 0 Å². The van der Waals surface area contributed by atoms with Crippen LogP contribution in [0.15, 0.2) is 29.4 Å². The summed E-state index contributed by atoms with van der Waals surface area (Å²) in [6.07, 6.45) is 2.18. The van der Waals surface area contributed by atoms with Crippen LogP contribution in [0.2, 0.25) is 0 Å². The van der Waals surface area contributed by atoms with E-state index in [2.05, 4.69) is 15.5 Å². The number of thioether (sulfide) groups is 1. The summed E-state index contributed by atoms with van der Waals surface area (Å²) in [5.74, 6) is 0.922. The van der Waals surface area contributed by atoms with E-state index in [0.29, 0.717) is 5.16 Å². The van der Waals surface area contributed by atoms with Crippen molar-refractivity contribution in [3.05, 3.63) is 24.3 Å². The molecule has 23 heavy (non-hydrogen) atoms. The van der Waals surface area contributed by atoms with Gasteiger partial charge in [-0.05, 0) is 54.5 Å².